The maximum absolute atomic E-state index is 13.4. The summed E-state index contributed by atoms with van der Waals surface area (Å²) in [6, 6.07) is 8.91. The fourth-order valence-corrected chi connectivity index (χ4v) is 6.88. The molecule has 0 unspecified atom stereocenters. The third kappa shape index (κ3) is 3.92. The maximum Gasteiger partial charge on any atom is 0.265 e. The van der Waals surface area contributed by atoms with Crippen LogP contribution in [-0.2, 0) is 21.2 Å². The summed E-state index contributed by atoms with van der Waals surface area (Å²) in [5, 5.41) is 0.274. The molecule has 2 heterocycles. The van der Waals surface area contributed by atoms with Gasteiger partial charge in [0.2, 0.25) is 5.91 Å². The number of nitrogens with one attached hydrogen (secondary N) is 1. The molecular weight excluding hydrogens is 502 g/mol. The zero-order chi connectivity index (χ0) is 21.8. The van der Waals surface area contributed by atoms with Crippen molar-refractivity contribution in [2.24, 2.45) is 5.92 Å². The van der Waals surface area contributed by atoms with E-state index in [9.17, 15) is 13.2 Å². The Morgan fingerprint density at radius 3 is 2.87 bits per heavy atom. The van der Waals surface area contributed by atoms with E-state index in [-0.39, 0.29) is 21.9 Å². The number of carbonyl (C=O) groups excluding carboxylic acids is 1. The highest BCUT2D eigenvalue weighted by Gasteiger charge is 2.39. The quantitative estimate of drug-likeness (QED) is 0.513. The Morgan fingerprint density at radius 2 is 2.13 bits per heavy atom. The number of anilines is 2. The van der Waals surface area contributed by atoms with Gasteiger partial charge in [-0.3, -0.25) is 9.52 Å². The number of thiazole rings is 1. The molecule has 10 heteroatoms. The Kier molecular flexibility index (Phi) is 5.18. The summed E-state index contributed by atoms with van der Waals surface area (Å²) in [6.07, 6.45) is 2.38. The van der Waals surface area contributed by atoms with Crippen LogP contribution in [0.1, 0.15) is 25.3 Å². The van der Waals surface area contributed by atoms with Gasteiger partial charge in [0.25, 0.3) is 10.0 Å². The van der Waals surface area contributed by atoms with Crippen LogP contribution >= 0.6 is 27.3 Å². The minimum atomic E-state index is -3.96. The predicted molar refractivity (Wildman–Crippen MR) is 125 cm³/mol. The number of hydrogen-bond donors (Lipinski definition) is 1. The number of rotatable bonds is 6. The summed E-state index contributed by atoms with van der Waals surface area (Å²) < 4.78 is 36.4. The molecule has 1 aromatic heterocycles. The van der Waals surface area contributed by atoms with Gasteiger partial charge in [-0.05, 0) is 62.1 Å². The number of sulfonamides is 1. The van der Waals surface area contributed by atoms with Crippen LogP contribution in [0, 0.1) is 5.92 Å². The molecule has 7 nitrogen and oxygen atoms in total. The van der Waals surface area contributed by atoms with Gasteiger partial charge in [0.05, 0.1) is 22.5 Å². The highest BCUT2D eigenvalue weighted by atomic mass is 79.9. The summed E-state index contributed by atoms with van der Waals surface area (Å²) in [4.78, 5) is 18.9. The number of hydrogen-bond acceptors (Lipinski definition) is 6. The minimum Gasteiger partial charge on any atom is -0.494 e. The molecule has 2 aromatic carbocycles. The van der Waals surface area contributed by atoms with Crippen LogP contribution in [0.15, 0.2) is 39.7 Å². The first-order valence-electron chi connectivity index (χ1n) is 10.1. The second-order valence-corrected chi connectivity index (χ2v) is 11.2. The summed E-state index contributed by atoms with van der Waals surface area (Å²) in [7, 11) is -3.96. The molecule has 5 rings (SSSR count). The molecule has 1 saturated carbocycles. The molecule has 162 valence electrons. The maximum atomic E-state index is 13.4. The van der Waals surface area contributed by atoms with E-state index in [0.29, 0.717) is 41.0 Å². The van der Waals surface area contributed by atoms with E-state index in [2.05, 4.69) is 25.6 Å². The van der Waals surface area contributed by atoms with E-state index in [1.54, 1.807) is 11.0 Å². The predicted octanol–water partition coefficient (Wildman–Crippen LogP) is 4.56. The van der Waals surface area contributed by atoms with Crippen LogP contribution in [-0.4, -0.2) is 32.5 Å². The van der Waals surface area contributed by atoms with E-state index in [4.69, 9.17) is 4.74 Å². The number of halogens is 1. The summed E-state index contributed by atoms with van der Waals surface area (Å²) in [5.41, 5.74) is 2.04. The number of amides is 1. The molecule has 1 amide bonds. The van der Waals surface area contributed by atoms with E-state index < -0.39 is 10.0 Å². The van der Waals surface area contributed by atoms with Crippen LogP contribution < -0.4 is 14.4 Å². The van der Waals surface area contributed by atoms with Crippen molar-refractivity contribution < 1.29 is 17.9 Å². The fraction of sp³-hybridized carbons (Fsp3) is 0.333. The lowest BCUT2D eigenvalue weighted by atomic mass is 10.2. The molecule has 1 N–H and O–H groups in total. The standard InChI is InChI=1S/C21H20BrN3O4S2/c1-2-29-15-5-6-16-17(11-15)30-21(23-16)24-31(27,28)18-10-14(22)9-13-7-8-25(19(13)18)20(26)12-3-4-12/h5-6,9-12H,2-4,7-8H2,1H3,(H,23,24). The second kappa shape index (κ2) is 7.75. The third-order valence-electron chi connectivity index (χ3n) is 5.37. The van der Waals surface area contributed by atoms with Gasteiger partial charge in [0.1, 0.15) is 10.6 Å². The molecule has 1 fully saturated rings. The first-order valence-corrected chi connectivity index (χ1v) is 13.1. The second-order valence-electron chi connectivity index (χ2n) is 7.61. The molecular formula is C21H20BrN3O4S2. The highest BCUT2D eigenvalue weighted by molar-refractivity contribution is 9.10. The number of carbonyl (C=O) groups is 1. The lowest BCUT2D eigenvalue weighted by molar-refractivity contribution is -0.119. The van der Waals surface area contributed by atoms with Crippen molar-refractivity contribution in [2.45, 2.75) is 31.1 Å². The van der Waals surface area contributed by atoms with Gasteiger partial charge in [-0.25, -0.2) is 13.4 Å². The van der Waals surface area contributed by atoms with Gasteiger partial charge in [-0.1, -0.05) is 27.3 Å². The molecule has 1 aliphatic heterocycles. The topological polar surface area (TPSA) is 88.6 Å². The van der Waals surface area contributed by atoms with Crippen molar-refractivity contribution in [3.63, 3.8) is 0 Å². The summed E-state index contributed by atoms with van der Waals surface area (Å²) in [6.45, 7) is 2.96. The molecule has 1 aliphatic carbocycles. The van der Waals surface area contributed by atoms with Crippen molar-refractivity contribution in [1.29, 1.82) is 0 Å². The van der Waals surface area contributed by atoms with Crippen LogP contribution in [0.5, 0.6) is 5.75 Å². The molecule has 0 radical (unpaired) electrons. The Bertz CT molecular complexity index is 1300. The smallest absolute Gasteiger partial charge is 0.265 e. The average Bonchev–Trinajstić information content (AvgIpc) is 3.37. The molecule has 3 aromatic rings. The number of fused-ring (bicyclic) bond motifs is 2. The number of benzene rings is 2. The third-order valence-corrected chi connectivity index (χ3v) is 8.24. The van der Waals surface area contributed by atoms with Crippen molar-refractivity contribution in [3.05, 3.63) is 40.4 Å². The van der Waals surface area contributed by atoms with E-state index in [0.717, 1.165) is 23.1 Å². The van der Waals surface area contributed by atoms with Gasteiger partial charge in [0.15, 0.2) is 5.13 Å². The normalized spacial score (nSPS) is 15.9. The van der Waals surface area contributed by atoms with Gasteiger partial charge in [-0.2, -0.15) is 0 Å². The molecule has 0 atom stereocenters. The molecule has 0 saturated heterocycles. The lowest BCUT2D eigenvalue weighted by Crippen LogP contribution is -2.31. The Balaban J connectivity index is 1.51. The van der Waals surface area contributed by atoms with Crippen LogP contribution in [0.2, 0.25) is 0 Å². The van der Waals surface area contributed by atoms with Gasteiger partial charge >= 0.3 is 0 Å². The van der Waals surface area contributed by atoms with E-state index in [1.807, 2.05) is 31.2 Å². The van der Waals surface area contributed by atoms with Crippen molar-refractivity contribution in [1.82, 2.24) is 4.98 Å². The number of aromatic nitrogens is 1. The Morgan fingerprint density at radius 1 is 1.32 bits per heavy atom. The van der Waals surface area contributed by atoms with E-state index in [1.165, 1.54) is 11.3 Å². The first-order chi connectivity index (χ1) is 14.9. The highest BCUT2D eigenvalue weighted by Crippen LogP contribution is 2.42. The van der Waals surface area contributed by atoms with Gasteiger partial charge < -0.3 is 9.64 Å². The zero-order valence-electron chi connectivity index (χ0n) is 16.7. The fourth-order valence-electron chi connectivity index (χ4n) is 3.82. The summed E-state index contributed by atoms with van der Waals surface area (Å²) >= 11 is 4.66. The number of ether oxygens (including phenoxy) is 1. The van der Waals surface area contributed by atoms with Crippen molar-refractivity contribution >= 4 is 64.2 Å². The van der Waals surface area contributed by atoms with Gasteiger partial charge in [0, 0.05) is 16.9 Å². The zero-order valence-corrected chi connectivity index (χ0v) is 19.9. The van der Waals surface area contributed by atoms with Crippen molar-refractivity contribution in [3.8, 4) is 5.75 Å². The van der Waals surface area contributed by atoms with Crippen LogP contribution in [0.4, 0.5) is 10.8 Å². The lowest BCUT2D eigenvalue weighted by Gasteiger charge is -2.20. The molecule has 0 spiro atoms. The molecule has 0 bridgehead atoms. The largest absolute Gasteiger partial charge is 0.494 e. The van der Waals surface area contributed by atoms with Crippen LogP contribution in [0.25, 0.3) is 10.2 Å². The average molecular weight is 522 g/mol. The number of nitrogens with zero attached hydrogens (tertiary/aromatic N) is 2. The van der Waals surface area contributed by atoms with Gasteiger partial charge in [-0.15, -0.1) is 0 Å². The Hall–Kier alpha value is -2.17. The molecule has 2 aliphatic rings. The van der Waals surface area contributed by atoms with Crippen LogP contribution in [0.3, 0.4) is 0 Å². The summed E-state index contributed by atoms with van der Waals surface area (Å²) in [5.74, 6) is 0.745. The SMILES string of the molecule is CCOc1ccc2nc(NS(=O)(=O)c3cc(Br)cc4c3N(C(=O)C3CC3)CC4)sc2c1. The van der Waals surface area contributed by atoms with E-state index >= 15 is 0 Å². The Labute approximate surface area is 192 Å². The molecule has 31 heavy (non-hydrogen) atoms. The monoisotopic (exact) mass is 521 g/mol. The minimum absolute atomic E-state index is 0.0148. The van der Waals surface area contributed by atoms with Crippen molar-refractivity contribution in [2.75, 3.05) is 22.8 Å². The first kappa shape index (κ1) is 20.7.